The fourth-order valence-electron chi connectivity index (χ4n) is 5.50. The molecule has 4 aromatic rings. The van der Waals surface area contributed by atoms with Gasteiger partial charge >= 0.3 is 5.97 Å². The number of anilines is 1. The van der Waals surface area contributed by atoms with Crippen LogP contribution in [0.25, 0.3) is 11.1 Å². The molecule has 1 aliphatic heterocycles. The topological polar surface area (TPSA) is 55.8 Å². The van der Waals surface area contributed by atoms with Crippen molar-refractivity contribution in [2.75, 3.05) is 12.0 Å². The Balaban J connectivity index is 1.59. The first-order valence-electron chi connectivity index (χ1n) is 13.5. The van der Waals surface area contributed by atoms with Crippen molar-refractivity contribution in [3.05, 3.63) is 119 Å². The van der Waals surface area contributed by atoms with Gasteiger partial charge in [0.15, 0.2) is 0 Å². The fraction of sp³-hybridized carbons (Fsp3) is 0.257. The first kappa shape index (κ1) is 27.2. The number of benzene rings is 4. The van der Waals surface area contributed by atoms with Crippen LogP contribution in [0.15, 0.2) is 97.1 Å². The van der Waals surface area contributed by atoms with Gasteiger partial charge in [0.2, 0.25) is 0 Å². The average Bonchev–Trinajstić information content (AvgIpc) is 3.28. The number of rotatable bonds is 6. The average molecular weight is 534 g/mol. The van der Waals surface area contributed by atoms with Crippen LogP contribution in [0.2, 0.25) is 0 Å². The number of hydrogen-bond acceptors (Lipinski definition) is 4. The highest BCUT2D eigenvalue weighted by molar-refractivity contribution is 6.13. The van der Waals surface area contributed by atoms with E-state index >= 15 is 0 Å². The maximum absolute atomic E-state index is 14.3. The number of carbonyl (C=O) groups is 2. The molecule has 1 unspecified atom stereocenters. The molecule has 0 aliphatic carbocycles. The van der Waals surface area contributed by atoms with Gasteiger partial charge in [0.1, 0.15) is 17.9 Å². The minimum Gasteiger partial charge on any atom is -0.496 e. The largest absolute Gasteiger partial charge is 0.496 e. The molecule has 0 radical (unpaired) electrons. The molecule has 0 aromatic heterocycles. The standard InChI is InChI=1S/C35H35NO4/c1-34(2,3)29-20-19-26(21-31(29)39-5)32(37)36-30-18-12-17-27(25-15-10-7-11-16-25)28(30)22-35(36,4)33(38)40-23-24-13-8-6-9-14-24/h6-21H,22-23H2,1-5H3. The molecule has 0 bridgehead atoms. The predicted octanol–water partition coefficient (Wildman–Crippen LogP) is 7.36. The van der Waals surface area contributed by atoms with Gasteiger partial charge in [-0.15, -0.1) is 0 Å². The van der Waals surface area contributed by atoms with Crippen molar-refractivity contribution >= 4 is 17.6 Å². The van der Waals surface area contributed by atoms with Crippen LogP contribution >= 0.6 is 0 Å². The summed E-state index contributed by atoms with van der Waals surface area (Å²) in [5.74, 6) is -0.0794. The molecule has 204 valence electrons. The van der Waals surface area contributed by atoms with Gasteiger partial charge in [0.05, 0.1) is 7.11 Å². The molecule has 4 aromatic carbocycles. The van der Waals surface area contributed by atoms with Gasteiger partial charge in [-0.25, -0.2) is 4.79 Å². The second-order valence-corrected chi connectivity index (χ2v) is 11.5. The van der Waals surface area contributed by atoms with Crippen molar-refractivity contribution in [2.24, 2.45) is 0 Å². The van der Waals surface area contributed by atoms with Crippen LogP contribution in [-0.4, -0.2) is 24.5 Å². The number of fused-ring (bicyclic) bond motifs is 1. The van der Waals surface area contributed by atoms with E-state index in [0.29, 0.717) is 23.4 Å². The van der Waals surface area contributed by atoms with Crippen molar-refractivity contribution in [2.45, 2.75) is 51.7 Å². The summed E-state index contributed by atoms with van der Waals surface area (Å²) >= 11 is 0. The van der Waals surface area contributed by atoms with Gasteiger partial charge in [0.25, 0.3) is 5.91 Å². The number of nitrogens with zero attached hydrogens (tertiary/aromatic N) is 1. The first-order chi connectivity index (χ1) is 19.1. The number of ether oxygens (including phenoxy) is 2. The lowest BCUT2D eigenvalue weighted by molar-refractivity contribution is -0.150. The van der Waals surface area contributed by atoms with Crippen LogP contribution in [-0.2, 0) is 28.0 Å². The summed E-state index contributed by atoms with van der Waals surface area (Å²) < 4.78 is 11.6. The highest BCUT2D eigenvalue weighted by Crippen LogP contribution is 2.45. The molecule has 0 spiro atoms. The summed E-state index contributed by atoms with van der Waals surface area (Å²) in [5, 5.41) is 0. The van der Waals surface area contributed by atoms with Gasteiger partial charge in [-0.1, -0.05) is 99.6 Å². The minimum atomic E-state index is -1.24. The summed E-state index contributed by atoms with van der Waals surface area (Å²) in [5.41, 5.74) is 4.63. The van der Waals surface area contributed by atoms with Gasteiger partial charge < -0.3 is 9.47 Å². The lowest BCUT2D eigenvalue weighted by Gasteiger charge is -2.34. The maximum Gasteiger partial charge on any atom is 0.332 e. The second kappa shape index (κ2) is 10.6. The smallest absolute Gasteiger partial charge is 0.332 e. The molecule has 0 saturated carbocycles. The summed E-state index contributed by atoms with van der Waals surface area (Å²) in [6.45, 7) is 8.25. The third kappa shape index (κ3) is 5.00. The molecule has 5 nitrogen and oxygen atoms in total. The van der Waals surface area contributed by atoms with E-state index in [0.717, 1.165) is 27.8 Å². The third-order valence-corrected chi connectivity index (χ3v) is 7.60. The maximum atomic E-state index is 14.3. The van der Waals surface area contributed by atoms with Crippen LogP contribution in [0.5, 0.6) is 5.75 Å². The Bertz CT molecular complexity index is 1540. The van der Waals surface area contributed by atoms with Crippen LogP contribution < -0.4 is 9.64 Å². The molecule has 0 N–H and O–H groups in total. The molecular formula is C35H35NO4. The molecule has 1 atom stereocenters. The SMILES string of the molecule is COc1cc(C(=O)N2c3cccc(-c4ccccc4)c3CC2(C)C(=O)OCc2ccccc2)ccc1C(C)(C)C. The number of amides is 1. The van der Waals surface area contributed by atoms with Crippen LogP contribution in [0.1, 0.15) is 54.7 Å². The molecule has 0 saturated heterocycles. The van der Waals surface area contributed by atoms with E-state index in [1.165, 1.54) is 0 Å². The molecular weight excluding hydrogens is 498 g/mol. The fourth-order valence-corrected chi connectivity index (χ4v) is 5.50. The van der Waals surface area contributed by atoms with Crippen molar-refractivity contribution in [1.82, 2.24) is 0 Å². The first-order valence-corrected chi connectivity index (χ1v) is 13.5. The van der Waals surface area contributed by atoms with Crippen LogP contribution in [0, 0.1) is 0 Å². The molecule has 0 fully saturated rings. The molecule has 1 aliphatic rings. The van der Waals surface area contributed by atoms with E-state index in [-0.39, 0.29) is 17.9 Å². The molecule has 5 heteroatoms. The Morgan fingerprint density at radius 3 is 2.20 bits per heavy atom. The van der Waals surface area contributed by atoms with E-state index in [1.54, 1.807) is 25.0 Å². The quantitative estimate of drug-likeness (QED) is 0.243. The number of hydrogen-bond donors (Lipinski definition) is 0. The van der Waals surface area contributed by atoms with E-state index in [2.05, 4.69) is 20.8 Å². The zero-order chi connectivity index (χ0) is 28.5. The lowest BCUT2D eigenvalue weighted by Crippen LogP contribution is -2.54. The molecule has 1 heterocycles. The Kier molecular flexibility index (Phi) is 7.24. The Morgan fingerprint density at radius 2 is 1.55 bits per heavy atom. The highest BCUT2D eigenvalue weighted by atomic mass is 16.5. The van der Waals surface area contributed by atoms with Crippen molar-refractivity contribution in [3.63, 3.8) is 0 Å². The van der Waals surface area contributed by atoms with Gasteiger partial charge in [-0.3, -0.25) is 9.69 Å². The van der Waals surface area contributed by atoms with E-state index < -0.39 is 11.5 Å². The second-order valence-electron chi connectivity index (χ2n) is 11.5. The minimum absolute atomic E-state index is 0.132. The summed E-state index contributed by atoms with van der Waals surface area (Å²) in [4.78, 5) is 29.8. The summed E-state index contributed by atoms with van der Waals surface area (Å²) in [6, 6.07) is 31.0. The zero-order valence-corrected chi connectivity index (χ0v) is 23.7. The molecule has 40 heavy (non-hydrogen) atoms. The molecule has 1 amide bonds. The van der Waals surface area contributed by atoms with Gasteiger partial charge in [-0.2, -0.15) is 0 Å². The predicted molar refractivity (Wildman–Crippen MR) is 159 cm³/mol. The van der Waals surface area contributed by atoms with Crippen molar-refractivity contribution in [1.29, 1.82) is 0 Å². The van der Waals surface area contributed by atoms with Crippen molar-refractivity contribution < 1.29 is 19.1 Å². The summed E-state index contributed by atoms with van der Waals surface area (Å²) in [6.07, 6.45) is 0.337. The highest BCUT2D eigenvalue weighted by Gasteiger charge is 2.51. The lowest BCUT2D eigenvalue weighted by atomic mass is 9.85. The monoisotopic (exact) mass is 533 g/mol. The Hall–Kier alpha value is -4.38. The summed E-state index contributed by atoms with van der Waals surface area (Å²) in [7, 11) is 1.61. The number of carbonyl (C=O) groups excluding carboxylic acids is 2. The Labute approximate surface area is 236 Å². The molecule has 5 rings (SSSR count). The normalized spacial score (nSPS) is 16.4. The van der Waals surface area contributed by atoms with Crippen LogP contribution in [0.3, 0.4) is 0 Å². The number of esters is 1. The Morgan fingerprint density at radius 1 is 0.875 bits per heavy atom. The zero-order valence-electron chi connectivity index (χ0n) is 23.7. The third-order valence-electron chi connectivity index (χ3n) is 7.60. The van der Waals surface area contributed by atoms with Crippen molar-refractivity contribution in [3.8, 4) is 16.9 Å². The van der Waals surface area contributed by atoms with Gasteiger partial charge in [0, 0.05) is 17.7 Å². The number of methoxy groups -OCH3 is 1. The van der Waals surface area contributed by atoms with E-state index in [9.17, 15) is 9.59 Å². The van der Waals surface area contributed by atoms with E-state index in [1.807, 2.05) is 91.0 Å². The van der Waals surface area contributed by atoms with Gasteiger partial charge in [-0.05, 0) is 58.4 Å². The van der Waals surface area contributed by atoms with Crippen LogP contribution in [0.4, 0.5) is 5.69 Å². The van der Waals surface area contributed by atoms with E-state index in [4.69, 9.17) is 9.47 Å².